The Hall–Kier alpha value is -4.80. The second kappa shape index (κ2) is 27.0. The largest absolute Gasteiger partial charge is 0.493 e. The van der Waals surface area contributed by atoms with Gasteiger partial charge in [-0.05, 0) is 108 Å². The average Bonchev–Trinajstić information content (AvgIpc) is 3.27. The molecule has 0 atom stereocenters. The fraction of sp³-hybridized carbons (Fsp3) is 0.375. The molecule has 0 N–H and O–H groups in total. The third kappa shape index (κ3) is 16.6. The van der Waals surface area contributed by atoms with E-state index in [-0.39, 0.29) is 11.6 Å². The number of ketones is 2. The van der Waals surface area contributed by atoms with Crippen LogP contribution in [0.1, 0.15) is 83.2 Å². The van der Waals surface area contributed by atoms with Crippen LogP contribution in [-0.2, 0) is 0 Å². The lowest BCUT2D eigenvalue weighted by atomic mass is 10.1. The van der Waals surface area contributed by atoms with Gasteiger partial charge in [0.25, 0.3) is 0 Å². The second-order valence-corrected chi connectivity index (χ2v) is 15.9. The van der Waals surface area contributed by atoms with E-state index in [2.05, 4.69) is 0 Å². The van der Waals surface area contributed by atoms with Gasteiger partial charge in [-0.2, -0.15) is 23.5 Å². The third-order valence-corrected chi connectivity index (χ3v) is 11.3. The van der Waals surface area contributed by atoms with Gasteiger partial charge in [0.05, 0.1) is 41.7 Å². The standard InChI is InChI=1S/C48H58O8S2/c1-51-45-27-19-39(35-47(45)53-3)43(49)25-17-37-13-21-41(22-14-37)55-29-33-57-31-11-9-7-5-6-8-10-12-32-58-34-30-56-42-23-15-38(16-24-42)18-26-44(50)40-20-28-46(52-2)48(36-40)54-4/h13-28,35-36H,5-12,29-34H2,1-4H3/b25-17+,26-18+. The molecule has 4 aromatic rings. The van der Waals surface area contributed by atoms with E-state index in [1.54, 1.807) is 89.1 Å². The number of benzene rings is 4. The van der Waals surface area contributed by atoms with E-state index in [4.69, 9.17) is 28.4 Å². The van der Waals surface area contributed by atoms with E-state index in [0.717, 1.165) is 34.1 Å². The molecule has 0 spiro atoms. The minimum atomic E-state index is -0.101. The molecular formula is C48H58O8S2. The molecule has 58 heavy (non-hydrogen) atoms. The van der Waals surface area contributed by atoms with Crippen molar-refractivity contribution in [1.29, 1.82) is 0 Å². The highest BCUT2D eigenvalue weighted by molar-refractivity contribution is 7.99. The summed E-state index contributed by atoms with van der Waals surface area (Å²) >= 11 is 3.91. The molecule has 0 heterocycles. The van der Waals surface area contributed by atoms with Crippen LogP contribution in [-0.4, -0.2) is 76.2 Å². The number of unbranched alkanes of at least 4 members (excludes halogenated alkanes) is 7. The fourth-order valence-corrected chi connectivity index (χ4v) is 7.60. The third-order valence-electron chi connectivity index (χ3n) is 9.27. The Morgan fingerprint density at radius 2 is 0.810 bits per heavy atom. The number of ether oxygens (including phenoxy) is 6. The van der Waals surface area contributed by atoms with Crippen LogP contribution in [0.5, 0.6) is 34.5 Å². The van der Waals surface area contributed by atoms with Crippen molar-refractivity contribution in [3.8, 4) is 34.5 Å². The predicted molar refractivity (Wildman–Crippen MR) is 241 cm³/mol. The number of hydrogen-bond donors (Lipinski definition) is 0. The predicted octanol–water partition coefficient (Wildman–Crippen LogP) is 11.6. The summed E-state index contributed by atoms with van der Waals surface area (Å²) in [7, 11) is 6.25. The lowest BCUT2D eigenvalue weighted by Gasteiger charge is -2.08. The zero-order valence-electron chi connectivity index (χ0n) is 34.4. The number of rotatable bonds is 29. The first-order chi connectivity index (χ1) is 28.4. The topological polar surface area (TPSA) is 89.5 Å². The van der Waals surface area contributed by atoms with E-state index in [9.17, 15) is 9.59 Å². The van der Waals surface area contributed by atoms with Crippen LogP contribution < -0.4 is 28.4 Å². The summed E-state index contributed by atoms with van der Waals surface area (Å²) in [6.45, 7) is 1.37. The highest BCUT2D eigenvalue weighted by Crippen LogP contribution is 2.29. The van der Waals surface area contributed by atoms with Crippen LogP contribution in [0.4, 0.5) is 0 Å². The van der Waals surface area contributed by atoms with Crippen LogP contribution in [0.3, 0.4) is 0 Å². The Bertz CT molecular complexity index is 1740. The maximum Gasteiger partial charge on any atom is 0.185 e. The molecule has 0 aromatic heterocycles. The maximum absolute atomic E-state index is 12.6. The van der Waals surface area contributed by atoms with Crippen LogP contribution in [0.15, 0.2) is 97.1 Å². The molecule has 0 fully saturated rings. The molecule has 10 heteroatoms. The molecule has 0 radical (unpaired) electrons. The summed E-state index contributed by atoms with van der Waals surface area (Å²) in [6, 6.07) is 25.9. The SMILES string of the molecule is COc1ccc(C(=O)/C=C/c2ccc(OCCSCCCCCCCCCCSCCOc3ccc(/C=C/C(=O)c4ccc(OC)c(OC)c4)cc3)cc2)cc1OC. The van der Waals surface area contributed by atoms with Gasteiger partial charge in [0.2, 0.25) is 0 Å². The van der Waals surface area contributed by atoms with Gasteiger partial charge in [0, 0.05) is 22.6 Å². The molecule has 8 nitrogen and oxygen atoms in total. The van der Waals surface area contributed by atoms with E-state index in [0.29, 0.717) is 47.3 Å². The molecule has 4 rings (SSSR count). The number of thioether (sulfide) groups is 2. The summed E-state index contributed by atoms with van der Waals surface area (Å²) in [4.78, 5) is 25.2. The summed E-state index contributed by atoms with van der Waals surface area (Å²) in [5.41, 5.74) is 2.95. The van der Waals surface area contributed by atoms with E-state index in [1.165, 1.54) is 62.9 Å². The van der Waals surface area contributed by atoms with Crippen molar-refractivity contribution in [3.63, 3.8) is 0 Å². The number of carbonyl (C=O) groups excluding carboxylic acids is 2. The van der Waals surface area contributed by atoms with E-state index in [1.807, 2.05) is 72.1 Å². The number of hydrogen-bond acceptors (Lipinski definition) is 10. The van der Waals surface area contributed by atoms with Gasteiger partial charge in [-0.3, -0.25) is 9.59 Å². The van der Waals surface area contributed by atoms with Crippen molar-refractivity contribution >= 4 is 47.2 Å². The van der Waals surface area contributed by atoms with Gasteiger partial charge in [0.15, 0.2) is 34.6 Å². The van der Waals surface area contributed by atoms with Crippen molar-refractivity contribution in [3.05, 3.63) is 119 Å². The number of carbonyl (C=O) groups is 2. The first kappa shape index (κ1) is 45.9. The first-order valence-electron chi connectivity index (χ1n) is 19.9. The van der Waals surface area contributed by atoms with Crippen LogP contribution in [0.2, 0.25) is 0 Å². The average molecular weight is 827 g/mol. The fourth-order valence-electron chi connectivity index (χ4n) is 5.98. The Kier molecular flexibility index (Phi) is 21.4. The van der Waals surface area contributed by atoms with Crippen molar-refractivity contribution < 1.29 is 38.0 Å². The first-order valence-corrected chi connectivity index (χ1v) is 22.2. The molecule has 0 unspecified atom stereocenters. The van der Waals surface area contributed by atoms with Crippen molar-refractivity contribution in [2.24, 2.45) is 0 Å². The zero-order chi connectivity index (χ0) is 41.2. The number of methoxy groups -OCH3 is 4. The molecule has 0 aliphatic heterocycles. The summed E-state index contributed by atoms with van der Waals surface area (Å²) in [6.07, 6.45) is 17.1. The summed E-state index contributed by atoms with van der Waals surface area (Å²) in [5, 5.41) is 0. The van der Waals surface area contributed by atoms with Gasteiger partial charge >= 0.3 is 0 Å². The summed E-state index contributed by atoms with van der Waals surface area (Å²) < 4.78 is 32.9. The minimum Gasteiger partial charge on any atom is -0.493 e. The molecule has 0 aliphatic rings. The molecule has 0 saturated heterocycles. The van der Waals surface area contributed by atoms with E-state index < -0.39 is 0 Å². The Morgan fingerprint density at radius 1 is 0.448 bits per heavy atom. The van der Waals surface area contributed by atoms with Crippen molar-refractivity contribution in [2.45, 2.75) is 51.4 Å². The lowest BCUT2D eigenvalue weighted by molar-refractivity contribution is 0.103. The Labute approximate surface area is 353 Å². The Balaban J connectivity index is 0.923. The van der Waals surface area contributed by atoms with Gasteiger partial charge in [0.1, 0.15) is 11.5 Å². The quantitative estimate of drug-likeness (QED) is 0.0299. The van der Waals surface area contributed by atoms with Gasteiger partial charge in [-0.15, -0.1) is 0 Å². The van der Waals surface area contributed by atoms with Crippen LogP contribution in [0.25, 0.3) is 12.2 Å². The maximum atomic E-state index is 12.6. The van der Waals surface area contributed by atoms with Gasteiger partial charge < -0.3 is 28.4 Å². The zero-order valence-corrected chi connectivity index (χ0v) is 36.0. The normalized spacial score (nSPS) is 11.2. The Morgan fingerprint density at radius 3 is 1.17 bits per heavy atom. The van der Waals surface area contributed by atoms with Crippen molar-refractivity contribution in [1.82, 2.24) is 0 Å². The lowest BCUT2D eigenvalue weighted by Crippen LogP contribution is -2.01. The van der Waals surface area contributed by atoms with Gasteiger partial charge in [-0.1, -0.05) is 74.9 Å². The minimum absolute atomic E-state index is 0.101. The molecule has 4 aromatic carbocycles. The van der Waals surface area contributed by atoms with E-state index >= 15 is 0 Å². The van der Waals surface area contributed by atoms with Crippen molar-refractivity contribution in [2.75, 3.05) is 64.7 Å². The highest BCUT2D eigenvalue weighted by Gasteiger charge is 2.10. The number of allylic oxidation sites excluding steroid dienone is 2. The monoisotopic (exact) mass is 826 g/mol. The molecule has 310 valence electrons. The highest BCUT2D eigenvalue weighted by atomic mass is 32.2. The van der Waals surface area contributed by atoms with Crippen LogP contribution in [0, 0.1) is 0 Å². The molecule has 0 saturated carbocycles. The second-order valence-electron chi connectivity index (χ2n) is 13.4. The smallest absolute Gasteiger partial charge is 0.185 e. The van der Waals surface area contributed by atoms with Crippen LogP contribution >= 0.6 is 23.5 Å². The molecule has 0 amide bonds. The summed E-state index contributed by atoms with van der Waals surface area (Å²) in [5.74, 6) is 8.02. The molecular weight excluding hydrogens is 769 g/mol. The molecule has 0 aliphatic carbocycles. The van der Waals surface area contributed by atoms with Gasteiger partial charge in [-0.25, -0.2) is 0 Å². The molecule has 0 bridgehead atoms.